The number of aryl methyl sites for hydroxylation is 2. The SMILES string of the molecule is C=C(Nc1cccc(C(C)(F)F)c1)c1ccc(CCC)c(C)c1. The van der Waals surface area contributed by atoms with Gasteiger partial charge in [-0.2, -0.15) is 0 Å². The van der Waals surface area contributed by atoms with Crippen LogP contribution in [0.15, 0.2) is 49.0 Å². The van der Waals surface area contributed by atoms with E-state index in [0.717, 1.165) is 25.3 Å². The highest BCUT2D eigenvalue weighted by Gasteiger charge is 2.24. The average molecular weight is 315 g/mol. The standard InChI is InChI=1S/C20H23F2N/c1-5-7-16-10-11-17(12-14(16)2)15(3)23-19-9-6-8-18(13-19)20(4,21)22/h6,8-13,23H,3,5,7H2,1-2,4H3. The Kier molecular flexibility index (Phi) is 5.19. The van der Waals surface area contributed by atoms with E-state index in [4.69, 9.17) is 0 Å². The minimum Gasteiger partial charge on any atom is -0.356 e. The predicted molar refractivity (Wildman–Crippen MR) is 93.8 cm³/mol. The number of rotatable bonds is 6. The van der Waals surface area contributed by atoms with Gasteiger partial charge in [0, 0.05) is 23.9 Å². The fourth-order valence-electron chi connectivity index (χ4n) is 2.55. The van der Waals surface area contributed by atoms with Crippen LogP contribution in [-0.2, 0) is 12.3 Å². The Bertz CT molecular complexity index is 699. The number of nitrogens with one attached hydrogen (secondary N) is 1. The minimum atomic E-state index is -2.85. The molecule has 0 aromatic heterocycles. The first-order chi connectivity index (χ1) is 10.8. The third-order valence-electron chi connectivity index (χ3n) is 3.88. The van der Waals surface area contributed by atoms with Crippen molar-refractivity contribution in [2.24, 2.45) is 0 Å². The molecule has 2 aromatic carbocycles. The van der Waals surface area contributed by atoms with E-state index in [9.17, 15) is 8.78 Å². The summed E-state index contributed by atoms with van der Waals surface area (Å²) in [4.78, 5) is 0. The largest absolute Gasteiger partial charge is 0.356 e. The van der Waals surface area contributed by atoms with Crippen LogP contribution in [0.25, 0.3) is 5.70 Å². The van der Waals surface area contributed by atoms with Crippen LogP contribution in [0.4, 0.5) is 14.5 Å². The zero-order valence-electron chi connectivity index (χ0n) is 13.9. The molecule has 1 nitrogen and oxygen atoms in total. The zero-order chi connectivity index (χ0) is 17.0. The Hall–Kier alpha value is -2.16. The summed E-state index contributed by atoms with van der Waals surface area (Å²) < 4.78 is 26.8. The van der Waals surface area contributed by atoms with Crippen LogP contribution in [-0.4, -0.2) is 0 Å². The van der Waals surface area contributed by atoms with Gasteiger partial charge in [0.25, 0.3) is 5.92 Å². The van der Waals surface area contributed by atoms with Crippen molar-refractivity contribution >= 4 is 11.4 Å². The lowest BCUT2D eigenvalue weighted by atomic mass is 10.0. The Balaban J connectivity index is 2.18. The highest BCUT2D eigenvalue weighted by Crippen LogP contribution is 2.29. The number of halogens is 2. The number of alkyl halides is 2. The Morgan fingerprint density at radius 2 is 1.91 bits per heavy atom. The summed E-state index contributed by atoms with van der Waals surface area (Å²) in [6.07, 6.45) is 2.16. The topological polar surface area (TPSA) is 12.0 Å². The second kappa shape index (κ2) is 6.95. The molecule has 3 heteroatoms. The third-order valence-corrected chi connectivity index (χ3v) is 3.88. The van der Waals surface area contributed by atoms with Crippen molar-refractivity contribution in [2.45, 2.75) is 39.5 Å². The fraction of sp³-hybridized carbons (Fsp3) is 0.300. The van der Waals surface area contributed by atoms with Crippen molar-refractivity contribution in [2.75, 3.05) is 5.32 Å². The van der Waals surface area contributed by atoms with E-state index in [-0.39, 0.29) is 5.56 Å². The average Bonchev–Trinajstić information content (AvgIpc) is 2.49. The van der Waals surface area contributed by atoms with E-state index >= 15 is 0 Å². The summed E-state index contributed by atoms with van der Waals surface area (Å²) in [5.74, 6) is -2.85. The summed E-state index contributed by atoms with van der Waals surface area (Å²) in [6.45, 7) is 9.17. The summed E-state index contributed by atoms with van der Waals surface area (Å²) >= 11 is 0. The van der Waals surface area contributed by atoms with Crippen LogP contribution >= 0.6 is 0 Å². The molecule has 0 aliphatic heterocycles. The first-order valence-corrected chi connectivity index (χ1v) is 7.85. The fourth-order valence-corrected chi connectivity index (χ4v) is 2.55. The molecule has 0 heterocycles. The molecule has 0 aliphatic rings. The lowest BCUT2D eigenvalue weighted by Crippen LogP contribution is -2.07. The van der Waals surface area contributed by atoms with Crippen LogP contribution in [0.5, 0.6) is 0 Å². The number of hydrogen-bond donors (Lipinski definition) is 1. The van der Waals surface area contributed by atoms with Crippen molar-refractivity contribution in [1.29, 1.82) is 0 Å². The van der Waals surface area contributed by atoms with Gasteiger partial charge in [0.2, 0.25) is 0 Å². The van der Waals surface area contributed by atoms with Gasteiger partial charge in [-0.15, -0.1) is 0 Å². The molecular formula is C20H23F2N. The van der Waals surface area contributed by atoms with Crippen LogP contribution in [0, 0.1) is 6.92 Å². The molecule has 122 valence electrons. The molecule has 2 rings (SSSR count). The minimum absolute atomic E-state index is 0.00947. The highest BCUT2D eigenvalue weighted by molar-refractivity contribution is 5.75. The van der Waals surface area contributed by atoms with Crippen molar-refractivity contribution in [3.8, 4) is 0 Å². The van der Waals surface area contributed by atoms with E-state index in [1.165, 1.54) is 23.3 Å². The van der Waals surface area contributed by atoms with Gasteiger partial charge in [-0.25, -0.2) is 8.78 Å². The van der Waals surface area contributed by atoms with Gasteiger partial charge in [-0.05, 0) is 48.2 Å². The van der Waals surface area contributed by atoms with Crippen molar-refractivity contribution in [1.82, 2.24) is 0 Å². The van der Waals surface area contributed by atoms with Gasteiger partial charge < -0.3 is 5.32 Å². The monoisotopic (exact) mass is 315 g/mol. The first-order valence-electron chi connectivity index (χ1n) is 7.85. The molecule has 0 aliphatic carbocycles. The van der Waals surface area contributed by atoms with E-state index in [1.807, 2.05) is 6.07 Å². The molecule has 0 radical (unpaired) electrons. The molecule has 0 spiro atoms. The maximum Gasteiger partial charge on any atom is 0.270 e. The van der Waals surface area contributed by atoms with E-state index in [0.29, 0.717) is 11.4 Å². The Morgan fingerprint density at radius 3 is 2.52 bits per heavy atom. The summed E-state index contributed by atoms with van der Waals surface area (Å²) in [7, 11) is 0. The number of anilines is 1. The zero-order valence-corrected chi connectivity index (χ0v) is 13.9. The Labute approximate surface area is 137 Å². The normalized spacial score (nSPS) is 11.3. The highest BCUT2D eigenvalue weighted by atomic mass is 19.3. The third kappa shape index (κ3) is 4.41. The van der Waals surface area contributed by atoms with Gasteiger partial charge in [-0.1, -0.05) is 44.2 Å². The molecule has 0 unspecified atom stereocenters. The van der Waals surface area contributed by atoms with Crippen LogP contribution in [0.3, 0.4) is 0 Å². The van der Waals surface area contributed by atoms with Crippen molar-refractivity contribution in [3.05, 3.63) is 71.3 Å². The van der Waals surface area contributed by atoms with Crippen molar-refractivity contribution < 1.29 is 8.78 Å². The van der Waals surface area contributed by atoms with Gasteiger partial charge in [-0.3, -0.25) is 0 Å². The van der Waals surface area contributed by atoms with Gasteiger partial charge in [0.1, 0.15) is 0 Å². The Morgan fingerprint density at radius 1 is 1.17 bits per heavy atom. The van der Waals surface area contributed by atoms with E-state index in [2.05, 4.69) is 37.9 Å². The molecule has 2 aromatic rings. The molecule has 0 saturated heterocycles. The molecule has 23 heavy (non-hydrogen) atoms. The van der Waals surface area contributed by atoms with Crippen LogP contribution in [0.1, 0.15) is 42.5 Å². The van der Waals surface area contributed by atoms with Gasteiger partial charge in [0.15, 0.2) is 0 Å². The molecule has 0 atom stereocenters. The maximum atomic E-state index is 13.4. The van der Waals surface area contributed by atoms with Gasteiger partial charge >= 0.3 is 0 Å². The lowest BCUT2D eigenvalue weighted by molar-refractivity contribution is 0.0175. The van der Waals surface area contributed by atoms with Crippen molar-refractivity contribution in [3.63, 3.8) is 0 Å². The molecular weight excluding hydrogens is 292 g/mol. The van der Waals surface area contributed by atoms with E-state index in [1.54, 1.807) is 12.1 Å². The molecule has 0 fully saturated rings. The predicted octanol–water partition coefficient (Wildman–Crippen LogP) is 6.14. The second-order valence-electron chi connectivity index (χ2n) is 5.96. The number of benzene rings is 2. The van der Waals surface area contributed by atoms with Gasteiger partial charge in [0.05, 0.1) is 0 Å². The van der Waals surface area contributed by atoms with E-state index < -0.39 is 5.92 Å². The van der Waals surface area contributed by atoms with Crippen LogP contribution < -0.4 is 5.32 Å². The number of hydrogen-bond acceptors (Lipinski definition) is 1. The molecule has 1 N–H and O–H groups in total. The summed E-state index contributed by atoms with van der Waals surface area (Å²) in [5, 5.41) is 3.12. The smallest absolute Gasteiger partial charge is 0.270 e. The lowest BCUT2D eigenvalue weighted by Gasteiger charge is -2.15. The first kappa shape index (κ1) is 17.2. The molecule has 0 bridgehead atoms. The molecule has 0 amide bonds. The van der Waals surface area contributed by atoms with Crippen LogP contribution in [0.2, 0.25) is 0 Å². The quantitative estimate of drug-likeness (QED) is 0.675. The summed E-state index contributed by atoms with van der Waals surface area (Å²) in [5.41, 5.74) is 4.83. The summed E-state index contributed by atoms with van der Waals surface area (Å²) in [6, 6.07) is 12.5. The molecule has 0 saturated carbocycles. The maximum absolute atomic E-state index is 13.4. The second-order valence-corrected chi connectivity index (χ2v) is 5.96.